The van der Waals surface area contributed by atoms with E-state index in [0.717, 1.165) is 0 Å². The summed E-state index contributed by atoms with van der Waals surface area (Å²) in [6.45, 7) is -0.179. The molecule has 0 atom stereocenters. The number of thiazole rings is 1. The molecule has 0 radical (unpaired) electrons. The first-order valence-electron chi connectivity index (χ1n) is 8.19. The predicted octanol–water partition coefficient (Wildman–Crippen LogP) is 1.59. The summed E-state index contributed by atoms with van der Waals surface area (Å²) in [7, 11) is 0. The molecule has 0 bridgehead atoms. The van der Waals surface area contributed by atoms with Crippen LogP contribution in [0.1, 0.15) is 10.5 Å². The van der Waals surface area contributed by atoms with Gasteiger partial charge in [-0.05, 0) is 18.2 Å². The van der Waals surface area contributed by atoms with Crippen LogP contribution in [-0.2, 0) is 11.3 Å². The summed E-state index contributed by atoms with van der Waals surface area (Å²) in [5.41, 5.74) is 7.06. The minimum absolute atomic E-state index is 0.179. The van der Waals surface area contributed by atoms with Crippen LogP contribution >= 0.6 is 11.3 Å². The highest BCUT2D eigenvalue weighted by molar-refractivity contribution is 7.14. The molecule has 3 heterocycles. The third kappa shape index (κ3) is 3.40. The van der Waals surface area contributed by atoms with Gasteiger partial charge >= 0.3 is 0 Å². The van der Waals surface area contributed by atoms with Gasteiger partial charge in [0.25, 0.3) is 11.5 Å². The molecule has 0 saturated heterocycles. The molecule has 4 aromatic rings. The van der Waals surface area contributed by atoms with Crippen LogP contribution in [0, 0.1) is 0 Å². The number of para-hydroxylation sites is 1. The van der Waals surface area contributed by atoms with Gasteiger partial charge in [0, 0.05) is 17.1 Å². The van der Waals surface area contributed by atoms with E-state index in [2.05, 4.69) is 20.3 Å². The highest BCUT2D eigenvalue weighted by Crippen LogP contribution is 2.25. The number of H-pyrrole nitrogens is 1. The van der Waals surface area contributed by atoms with Gasteiger partial charge in [-0.25, -0.2) is 9.97 Å². The third-order valence-electron chi connectivity index (χ3n) is 4.04. The van der Waals surface area contributed by atoms with Crippen molar-refractivity contribution in [3.63, 3.8) is 0 Å². The van der Waals surface area contributed by atoms with E-state index in [1.54, 1.807) is 41.9 Å². The van der Waals surface area contributed by atoms with Gasteiger partial charge in [-0.2, -0.15) is 0 Å². The second-order valence-electron chi connectivity index (χ2n) is 5.95. The Morgan fingerprint density at radius 3 is 2.89 bits per heavy atom. The first kappa shape index (κ1) is 17.6. The molecule has 28 heavy (non-hydrogen) atoms. The number of carbonyl (C=O) groups is 2. The van der Waals surface area contributed by atoms with Gasteiger partial charge in [0.1, 0.15) is 12.2 Å². The molecule has 4 N–H and O–H groups in total. The Bertz CT molecular complexity index is 1260. The molecule has 2 amide bonds. The van der Waals surface area contributed by atoms with Crippen molar-refractivity contribution in [2.24, 2.45) is 5.73 Å². The van der Waals surface area contributed by atoms with Crippen molar-refractivity contribution in [1.82, 2.24) is 19.5 Å². The number of anilines is 1. The quantitative estimate of drug-likeness (QED) is 0.472. The summed E-state index contributed by atoms with van der Waals surface area (Å²) in [6.07, 6.45) is 2.96. The number of primary amides is 1. The van der Waals surface area contributed by atoms with Gasteiger partial charge < -0.3 is 16.0 Å². The Morgan fingerprint density at radius 1 is 1.29 bits per heavy atom. The predicted molar refractivity (Wildman–Crippen MR) is 105 cm³/mol. The summed E-state index contributed by atoms with van der Waals surface area (Å²) in [5, 5.41) is 5.24. The normalized spacial score (nSPS) is 10.9. The molecule has 9 nitrogen and oxygen atoms in total. The monoisotopic (exact) mass is 394 g/mol. The number of aromatic amines is 1. The van der Waals surface area contributed by atoms with Crippen molar-refractivity contribution in [3.05, 3.63) is 64.3 Å². The van der Waals surface area contributed by atoms with Gasteiger partial charge in [0.15, 0.2) is 5.13 Å². The summed E-state index contributed by atoms with van der Waals surface area (Å²) in [5.74, 6) is -0.962. The molecular weight excluding hydrogens is 380 g/mol. The van der Waals surface area contributed by atoms with Crippen molar-refractivity contribution in [2.75, 3.05) is 5.32 Å². The number of nitrogens with two attached hydrogens (primary N) is 1. The number of aromatic nitrogens is 4. The standard InChI is InChI=1S/C18H14N6O3S/c19-16(26)13-5-10(6-20-13)14-8-28-18(22-14)23-15(25)7-24-9-21-12-4-2-1-3-11(12)17(24)27/h1-6,8-9,20H,7H2,(H2,19,26)(H,22,23,25). The van der Waals surface area contributed by atoms with Crippen LogP contribution in [-0.4, -0.2) is 31.3 Å². The number of nitrogens with one attached hydrogen (secondary N) is 2. The smallest absolute Gasteiger partial charge is 0.265 e. The number of rotatable bonds is 5. The van der Waals surface area contributed by atoms with Crippen molar-refractivity contribution >= 4 is 39.2 Å². The number of amides is 2. The van der Waals surface area contributed by atoms with Gasteiger partial charge in [0.05, 0.1) is 22.9 Å². The number of hydrogen-bond acceptors (Lipinski definition) is 6. The highest BCUT2D eigenvalue weighted by atomic mass is 32.1. The molecular formula is C18H14N6O3S. The zero-order chi connectivity index (χ0) is 19.7. The Morgan fingerprint density at radius 2 is 2.11 bits per heavy atom. The molecule has 140 valence electrons. The van der Waals surface area contributed by atoms with E-state index in [-0.39, 0.29) is 17.8 Å². The molecule has 0 aliphatic heterocycles. The second-order valence-corrected chi connectivity index (χ2v) is 6.81. The lowest BCUT2D eigenvalue weighted by atomic mass is 10.2. The van der Waals surface area contributed by atoms with E-state index >= 15 is 0 Å². The average Bonchev–Trinajstić information content (AvgIpc) is 3.34. The van der Waals surface area contributed by atoms with Gasteiger partial charge in [-0.1, -0.05) is 12.1 Å². The largest absolute Gasteiger partial charge is 0.364 e. The fourth-order valence-corrected chi connectivity index (χ4v) is 3.42. The second kappa shape index (κ2) is 7.08. The summed E-state index contributed by atoms with van der Waals surface area (Å²) in [6, 6.07) is 8.54. The van der Waals surface area contributed by atoms with Crippen LogP contribution in [0.4, 0.5) is 5.13 Å². The van der Waals surface area contributed by atoms with E-state index in [1.807, 2.05) is 0 Å². The number of benzene rings is 1. The van der Waals surface area contributed by atoms with E-state index < -0.39 is 11.8 Å². The first-order valence-corrected chi connectivity index (χ1v) is 9.07. The lowest BCUT2D eigenvalue weighted by Crippen LogP contribution is -2.27. The molecule has 10 heteroatoms. The molecule has 0 aliphatic carbocycles. The fraction of sp³-hybridized carbons (Fsp3) is 0.0556. The Kier molecular flexibility index (Phi) is 4.45. The molecule has 0 saturated carbocycles. The minimum Gasteiger partial charge on any atom is -0.364 e. The Balaban J connectivity index is 1.49. The van der Waals surface area contributed by atoms with E-state index in [4.69, 9.17) is 5.73 Å². The molecule has 0 fully saturated rings. The third-order valence-corrected chi connectivity index (χ3v) is 4.80. The maximum Gasteiger partial charge on any atom is 0.265 e. The maximum atomic E-state index is 12.5. The maximum absolute atomic E-state index is 12.5. The van der Waals surface area contributed by atoms with Crippen LogP contribution in [0.25, 0.3) is 22.2 Å². The first-order chi connectivity index (χ1) is 13.5. The molecule has 3 aromatic heterocycles. The van der Waals surface area contributed by atoms with Crippen molar-refractivity contribution in [1.29, 1.82) is 0 Å². The van der Waals surface area contributed by atoms with E-state index in [9.17, 15) is 14.4 Å². The van der Waals surface area contributed by atoms with Crippen molar-refractivity contribution < 1.29 is 9.59 Å². The Hall–Kier alpha value is -3.79. The number of hydrogen-bond donors (Lipinski definition) is 3. The molecule has 4 rings (SSSR count). The minimum atomic E-state index is -0.565. The average molecular weight is 394 g/mol. The van der Waals surface area contributed by atoms with Gasteiger partial charge in [-0.3, -0.25) is 19.0 Å². The van der Waals surface area contributed by atoms with Gasteiger partial charge in [-0.15, -0.1) is 11.3 Å². The lowest BCUT2D eigenvalue weighted by molar-refractivity contribution is -0.116. The van der Waals surface area contributed by atoms with Crippen LogP contribution in [0.3, 0.4) is 0 Å². The van der Waals surface area contributed by atoms with E-state index in [0.29, 0.717) is 27.3 Å². The fourth-order valence-electron chi connectivity index (χ4n) is 2.68. The Labute approximate surface area is 161 Å². The van der Waals surface area contributed by atoms with Crippen LogP contribution in [0.15, 0.2) is 53.0 Å². The topological polar surface area (TPSA) is 136 Å². The number of carbonyl (C=O) groups excluding carboxylic acids is 2. The summed E-state index contributed by atoms with van der Waals surface area (Å²) >= 11 is 1.23. The van der Waals surface area contributed by atoms with Gasteiger partial charge in [0.2, 0.25) is 5.91 Å². The van der Waals surface area contributed by atoms with Crippen LogP contribution in [0.2, 0.25) is 0 Å². The zero-order valence-corrected chi connectivity index (χ0v) is 15.2. The van der Waals surface area contributed by atoms with Crippen LogP contribution < -0.4 is 16.6 Å². The zero-order valence-electron chi connectivity index (χ0n) is 14.4. The van der Waals surface area contributed by atoms with Crippen LogP contribution in [0.5, 0.6) is 0 Å². The van der Waals surface area contributed by atoms with E-state index in [1.165, 1.54) is 22.2 Å². The van der Waals surface area contributed by atoms with Crippen molar-refractivity contribution in [3.8, 4) is 11.3 Å². The molecule has 1 aromatic carbocycles. The summed E-state index contributed by atoms with van der Waals surface area (Å²) in [4.78, 5) is 47.2. The SMILES string of the molecule is NC(=O)c1cc(-c2csc(NC(=O)Cn3cnc4ccccc4c3=O)n2)c[nH]1. The number of nitrogens with zero attached hydrogens (tertiary/aromatic N) is 3. The molecule has 0 aliphatic rings. The molecule has 0 spiro atoms. The molecule has 0 unspecified atom stereocenters. The number of fused-ring (bicyclic) bond motifs is 1. The summed E-state index contributed by atoms with van der Waals surface area (Å²) < 4.78 is 1.25. The van der Waals surface area contributed by atoms with Crippen molar-refractivity contribution in [2.45, 2.75) is 6.54 Å². The lowest BCUT2D eigenvalue weighted by Gasteiger charge is -2.06. The highest BCUT2D eigenvalue weighted by Gasteiger charge is 2.12.